The molecule has 0 spiro atoms. The summed E-state index contributed by atoms with van der Waals surface area (Å²) in [6.07, 6.45) is 32.5. The fraction of sp³-hybridized carbons (Fsp3) is 0.345. The molecule has 3 radical (unpaired) electrons. The fourth-order valence-electron chi connectivity index (χ4n) is 5.41. The van der Waals surface area contributed by atoms with Crippen LogP contribution in [0.4, 0.5) is 0 Å². The Morgan fingerprint density at radius 3 is 0.620 bits per heavy atom. The molecule has 9 rings (SSSR count). The zero-order valence-corrected chi connectivity index (χ0v) is 54.0. The van der Waals surface area contributed by atoms with Crippen LogP contribution in [0.25, 0.3) is 0 Å². The van der Waals surface area contributed by atoms with E-state index in [4.69, 9.17) is 15.3 Å². The monoisotopic (exact) mass is 1630 g/mol. The van der Waals surface area contributed by atoms with Gasteiger partial charge in [0.2, 0.25) is 0 Å². The Morgan fingerprint density at radius 1 is 0.354 bits per heavy atom. The van der Waals surface area contributed by atoms with Crippen LogP contribution in [0.15, 0.2) is 148 Å². The summed E-state index contributed by atoms with van der Waals surface area (Å²) in [4.78, 5) is 53.9. The van der Waals surface area contributed by atoms with E-state index in [-0.39, 0.29) is 87.0 Å². The molecule has 0 amide bonds. The maximum atomic E-state index is 10.1. The van der Waals surface area contributed by atoms with Crippen LogP contribution in [0.2, 0.25) is 0 Å². The molecular formula is C55H85Ir3N15O6-6. The largest absolute Gasteiger partial charge is 0.509 e. The smallest absolute Gasteiger partial charge is 0.309 e. The maximum absolute atomic E-state index is 10.1. The van der Waals surface area contributed by atoms with Crippen LogP contribution < -0.4 is 0 Å². The second-order valence-electron chi connectivity index (χ2n) is 16.6. The number of carboxylic acid groups (broad SMARTS) is 3. The van der Waals surface area contributed by atoms with Gasteiger partial charge in [-0.05, 0) is 116 Å². The number of hydrogen-bond acceptors (Lipinski definition) is 18. The first-order chi connectivity index (χ1) is 35.9. The number of pyridine rings is 3. The van der Waals surface area contributed by atoms with Gasteiger partial charge in [-0.2, -0.15) is 0 Å². The molecule has 0 saturated carbocycles. The molecule has 6 aliphatic heterocycles. The van der Waals surface area contributed by atoms with Crippen LogP contribution >= 0.6 is 0 Å². The summed E-state index contributed by atoms with van der Waals surface area (Å²) in [5.41, 5.74) is 1.78. The van der Waals surface area contributed by atoms with Crippen molar-refractivity contribution in [3.63, 3.8) is 0 Å². The van der Waals surface area contributed by atoms with Crippen LogP contribution in [-0.2, 0) is 94.0 Å². The van der Waals surface area contributed by atoms with E-state index < -0.39 is 17.9 Å². The number of carboxylic acids is 3. The molecule has 9 heterocycles. The molecule has 3 aromatic rings. The summed E-state index contributed by atoms with van der Waals surface area (Å²) >= 11 is 0. The van der Waals surface area contributed by atoms with Gasteiger partial charge in [-0.25, -0.2) is 0 Å². The van der Waals surface area contributed by atoms with Gasteiger partial charge in [0.25, 0.3) is 0 Å². The van der Waals surface area contributed by atoms with Crippen molar-refractivity contribution in [3.05, 3.63) is 205 Å². The predicted octanol–water partition coefficient (Wildman–Crippen LogP) is 8.74. The molecule has 6 aliphatic rings. The van der Waals surface area contributed by atoms with E-state index in [9.17, 15) is 14.4 Å². The van der Waals surface area contributed by atoms with Gasteiger partial charge in [-0.3, -0.25) is 29.3 Å². The molecule has 0 aromatic carbocycles. The number of nitrogens with zero attached hydrogens (tertiary/aromatic N) is 15. The predicted molar refractivity (Wildman–Crippen MR) is 300 cm³/mol. The van der Waals surface area contributed by atoms with E-state index >= 15 is 0 Å². The van der Waals surface area contributed by atoms with Crippen molar-refractivity contribution in [2.75, 3.05) is 42.3 Å². The molecule has 449 valence electrons. The number of aromatic nitrogens is 3. The quantitative estimate of drug-likeness (QED) is 0.172. The Balaban J connectivity index is -0.000000411. The number of aliphatic carboxylic acids is 3. The van der Waals surface area contributed by atoms with Gasteiger partial charge in [0.15, 0.2) is 0 Å². The van der Waals surface area contributed by atoms with E-state index in [1.165, 1.54) is 19.3 Å². The summed E-state index contributed by atoms with van der Waals surface area (Å²) < 4.78 is 0. The van der Waals surface area contributed by atoms with Gasteiger partial charge in [0, 0.05) is 116 Å². The first kappa shape index (κ1) is 79.3. The van der Waals surface area contributed by atoms with Gasteiger partial charge in [-0.1, -0.05) is 86.4 Å². The molecule has 0 aliphatic carbocycles. The summed E-state index contributed by atoms with van der Waals surface area (Å²) in [6.45, 7) is 24.8. The Hall–Kier alpha value is -6.15. The van der Waals surface area contributed by atoms with Crippen molar-refractivity contribution in [1.29, 1.82) is 0 Å². The third-order valence-corrected chi connectivity index (χ3v) is 8.51. The van der Waals surface area contributed by atoms with Crippen molar-refractivity contribution in [3.8, 4) is 0 Å². The Morgan fingerprint density at radius 2 is 0.519 bits per heavy atom. The molecule has 0 unspecified atom stereocenters. The third-order valence-electron chi connectivity index (χ3n) is 8.51. The second-order valence-corrected chi connectivity index (χ2v) is 16.6. The molecule has 0 saturated heterocycles. The van der Waals surface area contributed by atoms with E-state index in [0.717, 1.165) is 0 Å². The van der Waals surface area contributed by atoms with Crippen LogP contribution in [0, 0.1) is 40.0 Å². The van der Waals surface area contributed by atoms with E-state index in [0.29, 0.717) is 17.1 Å². The molecule has 0 atom stereocenters. The summed E-state index contributed by atoms with van der Waals surface area (Å²) in [5, 5.41) is 37.0. The van der Waals surface area contributed by atoms with Gasteiger partial charge in [-0.15, -0.1) is 40.0 Å². The molecule has 3 N–H and O–H groups in total. The fourth-order valence-corrected chi connectivity index (χ4v) is 5.41. The van der Waals surface area contributed by atoms with Crippen LogP contribution in [0.5, 0.6) is 0 Å². The van der Waals surface area contributed by atoms with Crippen LogP contribution in [0.1, 0.15) is 85.3 Å². The Bertz CT molecular complexity index is 1870. The zero-order chi connectivity index (χ0) is 56.0. The molecule has 3 aromatic heterocycles. The zero-order valence-electron chi connectivity index (χ0n) is 46.8. The third kappa shape index (κ3) is 38.2. The molecule has 0 fully saturated rings. The average Bonchev–Trinajstić information content (AvgIpc) is 4.25. The summed E-state index contributed by atoms with van der Waals surface area (Å²) in [7, 11) is 12.0. The minimum atomic E-state index is -0.848. The maximum Gasteiger partial charge on any atom is 0.309 e. The minimum Gasteiger partial charge on any atom is -0.509 e. The van der Waals surface area contributed by atoms with Crippen molar-refractivity contribution in [1.82, 2.24) is 74.4 Å². The number of rotatable bonds is 9. The van der Waals surface area contributed by atoms with Crippen LogP contribution in [-0.4, -0.2) is 150 Å². The van der Waals surface area contributed by atoms with E-state index in [1.807, 2.05) is 216 Å². The Kier molecular flexibility index (Phi) is 48.0. The van der Waals surface area contributed by atoms with Crippen LogP contribution in [0.3, 0.4) is 0 Å². The van der Waals surface area contributed by atoms with Crippen molar-refractivity contribution >= 4 is 17.9 Å². The Labute approximate surface area is 513 Å². The number of carbonyl (C=O) groups is 3. The molecule has 21 nitrogen and oxygen atoms in total. The van der Waals surface area contributed by atoms with Gasteiger partial charge < -0.3 is 74.8 Å². The normalized spacial score (nSPS) is 14.1. The van der Waals surface area contributed by atoms with Crippen molar-refractivity contribution < 1.29 is 90.0 Å². The van der Waals surface area contributed by atoms with Crippen molar-refractivity contribution in [2.24, 2.45) is 0 Å². The SMILES string of the molecule is C.CCC.CCC.CCC.CN1C=CN(N2C=CN(C)[CH-]2)[CH-]1.CN1C=CN(N2C=CN(C)[CH-]2)[CH-]1.CN1C=CN(N2C=CN(C)[CH-]2)[CH-]1.O=C(O)Cc1ccccn1.O=C(O)Cc1ccccn1.O=C(O)Cc1ccccn1.[Ir].[Ir].[Ir]. The van der Waals surface area contributed by atoms with Gasteiger partial charge in [0.1, 0.15) is 0 Å². The first-order valence-electron chi connectivity index (χ1n) is 24.4. The number of hydrazine groups is 3. The summed E-state index contributed by atoms with van der Waals surface area (Å²) in [6, 6.07) is 15.6. The van der Waals surface area contributed by atoms with Gasteiger partial charge >= 0.3 is 17.9 Å². The molecule has 79 heavy (non-hydrogen) atoms. The number of hydrogen-bond donors (Lipinski definition) is 3. The standard InChI is InChI=1S/3C8H12N4.3C7H7NO2.3C3H8.CH4.3Ir/c3*1-9-3-5-11(7-9)12-6-4-10(2)8-12;3*9-7(10)5-6-3-1-2-4-8-6;3*1-3-2;;;;/h3*3-8H,1-2H3;3*1-4H,5H2,(H,9,10);3*3H2,1-2H3;1H4;;;/q3*-2;;;;;;;;;;. The minimum absolute atomic E-state index is 0. The van der Waals surface area contributed by atoms with E-state index in [2.05, 4.69) is 56.5 Å². The second kappa shape index (κ2) is 47.8. The summed E-state index contributed by atoms with van der Waals surface area (Å²) in [5.74, 6) is -2.55. The van der Waals surface area contributed by atoms with E-state index in [1.54, 1.807) is 73.2 Å². The van der Waals surface area contributed by atoms with Crippen molar-refractivity contribution in [2.45, 2.75) is 87.5 Å². The molecular weight excluding hydrogens is 1540 g/mol. The topological polar surface area (TPSA) is 189 Å². The molecule has 0 bridgehead atoms. The molecule has 24 heteroatoms. The van der Waals surface area contributed by atoms with Gasteiger partial charge in [0.05, 0.1) is 36.3 Å². The average molecular weight is 1630 g/mol. The first-order valence-corrected chi connectivity index (χ1v) is 24.4.